The number of halogens is 1. The molecule has 0 spiro atoms. The maximum absolute atomic E-state index is 3.63. The average Bonchev–Trinajstić information content (AvgIpc) is 2.87. The lowest BCUT2D eigenvalue weighted by atomic mass is 9.94. The summed E-state index contributed by atoms with van der Waals surface area (Å²) >= 11 is 3.50. The van der Waals surface area contributed by atoms with E-state index in [0.717, 1.165) is 17.4 Å². The molecule has 0 bridgehead atoms. The van der Waals surface area contributed by atoms with Gasteiger partial charge in [-0.3, -0.25) is 0 Å². The van der Waals surface area contributed by atoms with Gasteiger partial charge >= 0.3 is 0 Å². The summed E-state index contributed by atoms with van der Waals surface area (Å²) < 4.78 is 1.12. The lowest BCUT2D eigenvalue weighted by molar-refractivity contribution is 0.560. The summed E-state index contributed by atoms with van der Waals surface area (Å²) in [4.78, 5) is 3.60. The first kappa shape index (κ1) is 12.2. The van der Waals surface area contributed by atoms with Crippen molar-refractivity contribution < 1.29 is 0 Å². The zero-order valence-corrected chi connectivity index (χ0v) is 12.6. The van der Waals surface area contributed by atoms with Crippen LogP contribution in [0.1, 0.15) is 22.9 Å². The molecule has 0 saturated carbocycles. The Labute approximate surface area is 126 Å². The molecule has 4 rings (SSSR count). The zero-order valence-electron chi connectivity index (χ0n) is 11.0. The molecule has 0 radical (unpaired) electrons. The van der Waals surface area contributed by atoms with Gasteiger partial charge in [0.1, 0.15) is 0 Å². The number of hydrogen-bond donors (Lipinski definition) is 2. The van der Waals surface area contributed by atoms with Gasteiger partial charge in [0.15, 0.2) is 0 Å². The predicted octanol–water partition coefficient (Wildman–Crippen LogP) is 4.17. The van der Waals surface area contributed by atoms with Crippen molar-refractivity contribution in [3.05, 3.63) is 69.8 Å². The van der Waals surface area contributed by atoms with Gasteiger partial charge in [-0.15, -0.1) is 0 Å². The molecule has 3 heteroatoms. The van der Waals surface area contributed by atoms with Gasteiger partial charge < -0.3 is 10.3 Å². The Balaban J connectivity index is 1.87. The highest BCUT2D eigenvalue weighted by molar-refractivity contribution is 9.10. The Morgan fingerprint density at radius 3 is 2.65 bits per heavy atom. The van der Waals surface area contributed by atoms with E-state index in [2.05, 4.69) is 74.8 Å². The van der Waals surface area contributed by atoms with Crippen molar-refractivity contribution >= 4 is 26.8 Å². The van der Waals surface area contributed by atoms with Gasteiger partial charge in [-0.1, -0.05) is 46.3 Å². The molecule has 2 heterocycles. The molecule has 100 valence electrons. The number of fused-ring (bicyclic) bond motifs is 3. The molecule has 1 aliphatic heterocycles. The number of para-hydroxylation sites is 1. The van der Waals surface area contributed by atoms with Gasteiger partial charge in [-0.2, -0.15) is 0 Å². The van der Waals surface area contributed by atoms with Crippen molar-refractivity contribution in [2.75, 3.05) is 6.54 Å². The van der Waals surface area contributed by atoms with Crippen LogP contribution in [0.15, 0.2) is 53.0 Å². The van der Waals surface area contributed by atoms with Crippen molar-refractivity contribution in [2.24, 2.45) is 0 Å². The molecule has 0 fully saturated rings. The normalized spacial score (nSPS) is 18.1. The fraction of sp³-hybridized carbons (Fsp3) is 0.176. The van der Waals surface area contributed by atoms with Crippen LogP contribution in [0, 0.1) is 0 Å². The Kier molecular flexibility index (Phi) is 2.90. The molecule has 20 heavy (non-hydrogen) atoms. The topological polar surface area (TPSA) is 27.8 Å². The van der Waals surface area contributed by atoms with Gasteiger partial charge in [0.25, 0.3) is 0 Å². The largest absolute Gasteiger partial charge is 0.357 e. The molecule has 0 saturated heterocycles. The quantitative estimate of drug-likeness (QED) is 0.690. The minimum atomic E-state index is 0.263. The Morgan fingerprint density at radius 1 is 1.00 bits per heavy atom. The van der Waals surface area contributed by atoms with Gasteiger partial charge in [-0.25, -0.2) is 0 Å². The van der Waals surface area contributed by atoms with Crippen molar-refractivity contribution in [3.63, 3.8) is 0 Å². The fourth-order valence-corrected chi connectivity index (χ4v) is 3.38. The third-order valence-corrected chi connectivity index (χ3v) is 4.59. The van der Waals surface area contributed by atoms with E-state index in [1.165, 1.54) is 27.7 Å². The van der Waals surface area contributed by atoms with Crippen LogP contribution in [0.3, 0.4) is 0 Å². The van der Waals surface area contributed by atoms with Crippen molar-refractivity contribution in [3.8, 4) is 0 Å². The molecule has 2 nitrogen and oxygen atoms in total. The first-order chi connectivity index (χ1) is 9.83. The molecular weight excluding hydrogens is 312 g/mol. The summed E-state index contributed by atoms with van der Waals surface area (Å²) in [5, 5.41) is 4.99. The fourth-order valence-electron chi connectivity index (χ4n) is 3.12. The highest BCUT2D eigenvalue weighted by atomic mass is 79.9. The highest BCUT2D eigenvalue weighted by Crippen LogP contribution is 2.33. The van der Waals surface area contributed by atoms with Crippen LogP contribution in [0.2, 0.25) is 0 Å². The van der Waals surface area contributed by atoms with E-state index in [4.69, 9.17) is 0 Å². The highest BCUT2D eigenvalue weighted by Gasteiger charge is 2.24. The Bertz CT molecular complexity index is 758. The third-order valence-electron chi connectivity index (χ3n) is 4.06. The molecule has 1 unspecified atom stereocenters. The number of rotatable bonds is 1. The number of H-pyrrole nitrogens is 1. The minimum absolute atomic E-state index is 0.263. The number of hydrogen-bond acceptors (Lipinski definition) is 1. The molecule has 1 aliphatic rings. The SMILES string of the molecule is Brc1ccc(C2NCCc3c2[nH]c2ccccc32)cc1. The van der Waals surface area contributed by atoms with Crippen LogP contribution >= 0.6 is 15.9 Å². The van der Waals surface area contributed by atoms with Crippen LogP contribution in [0.25, 0.3) is 10.9 Å². The summed E-state index contributed by atoms with van der Waals surface area (Å²) in [6, 6.07) is 17.4. The molecule has 3 aromatic rings. The van der Waals surface area contributed by atoms with Crippen LogP contribution in [0.5, 0.6) is 0 Å². The second-order valence-corrected chi connectivity index (χ2v) is 6.17. The van der Waals surface area contributed by atoms with E-state index in [-0.39, 0.29) is 6.04 Å². The van der Waals surface area contributed by atoms with E-state index in [1.54, 1.807) is 0 Å². The van der Waals surface area contributed by atoms with Gasteiger partial charge in [0, 0.05) is 27.6 Å². The third kappa shape index (κ3) is 1.89. The Hall–Kier alpha value is -1.58. The van der Waals surface area contributed by atoms with Crippen LogP contribution in [0.4, 0.5) is 0 Å². The predicted molar refractivity (Wildman–Crippen MR) is 86.0 cm³/mol. The smallest absolute Gasteiger partial charge is 0.0732 e. The number of aromatic nitrogens is 1. The van der Waals surface area contributed by atoms with Gasteiger partial charge in [0.2, 0.25) is 0 Å². The standard InChI is InChI=1S/C17H15BrN2/c18-12-7-5-11(6-8-12)16-17-14(9-10-19-16)13-3-1-2-4-15(13)20-17/h1-8,16,19-20H,9-10H2. The number of nitrogens with one attached hydrogen (secondary N) is 2. The second kappa shape index (κ2) is 4.76. The van der Waals surface area contributed by atoms with Crippen molar-refractivity contribution in [1.82, 2.24) is 10.3 Å². The summed E-state index contributed by atoms with van der Waals surface area (Å²) in [6.45, 7) is 1.02. The van der Waals surface area contributed by atoms with E-state index in [0.29, 0.717) is 0 Å². The van der Waals surface area contributed by atoms with Crippen molar-refractivity contribution in [2.45, 2.75) is 12.5 Å². The monoisotopic (exact) mass is 326 g/mol. The summed E-state index contributed by atoms with van der Waals surface area (Å²) in [6.07, 6.45) is 1.09. The second-order valence-electron chi connectivity index (χ2n) is 5.25. The summed E-state index contributed by atoms with van der Waals surface area (Å²) in [5.41, 5.74) is 5.33. The minimum Gasteiger partial charge on any atom is -0.357 e. The van der Waals surface area contributed by atoms with Gasteiger partial charge in [-0.05, 0) is 35.7 Å². The van der Waals surface area contributed by atoms with Crippen LogP contribution in [-0.4, -0.2) is 11.5 Å². The lowest BCUT2D eigenvalue weighted by Crippen LogP contribution is -2.30. The first-order valence-corrected chi connectivity index (χ1v) is 7.70. The van der Waals surface area contributed by atoms with Gasteiger partial charge in [0.05, 0.1) is 6.04 Å². The van der Waals surface area contributed by atoms with E-state index in [9.17, 15) is 0 Å². The summed E-state index contributed by atoms with van der Waals surface area (Å²) in [7, 11) is 0. The van der Waals surface area contributed by atoms with E-state index < -0.39 is 0 Å². The van der Waals surface area contributed by atoms with Crippen molar-refractivity contribution in [1.29, 1.82) is 0 Å². The maximum Gasteiger partial charge on any atom is 0.0732 e. The maximum atomic E-state index is 3.63. The first-order valence-electron chi connectivity index (χ1n) is 6.91. The molecule has 2 N–H and O–H groups in total. The molecule has 2 aromatic carbocycles. The molecule has 1 aromatic heterocycles. The number of aromatic amines is 1. The lowest BCUT2D eigenvalue weighted by Gasteiger charge is -2.24. The molecule has 1 atom stereocenters. The molecule has 0 amide bonds. The zero-order chi connectivity index (χ0) is 13.5. The van der Waals surface area contributed by atoms with E-state index in [1.807, 2.05) is 0 Å². The molecular formula is C17H15BrN2. The van der Waals surface area contributed by atoms with E-state index >= 15 is 0 Å². The van der Waals surface area contributed by atoms with Crippen LogP contribution < -0.4 is 5.32 Å². The average molecular weight is 327 g/mol. The van der Waals surface area contributed by atoms with Crippen LogP contribution in [-0.2, 0) is 6.42 Å². The Morgan fingerprint density at radius 2 is 1.80 bits per heavy atom. The number of benzene rings is 2. The summed E-state index contributed by atoms with van der Waals surface area (Å²) in [5.74, 6) is 0. The molecule has 0 aliphatic carbocycles.